The highest BCUT2D eigenvalue weighted by Gasteiger charge is 2.37. The van der Waals surface area contributed by atoms with Gasteiger partial charge in [0, 0.05) is 19.1 Å². The number of hydrogen-bond acceptors (Lipinski definition) is 5. The molecule has 3 rings (SSSR count). The predicted molar refractivity (Wildman–Crippen MR) is 72.3 cm³/mol. The van der Waals surface area contributed by atoms with E-state index in [0.29, 0.717) is 12.5 Å². The van der Waals surface area contributed by atoms with E-state index in [1.54, 1.807) is 0 Å². The number of nitrogens with one attached hydrogen (secondary N) is 1. The molecule has 1 N–H and O–H groups in total. The van der Waals surface area contributed by atoms with Crippen molar-refractivity contribution in [3.05, 3.63) is 18.2 Å². The zero-order valence-electron chi connectivity index (χ0n) is 11.0. The van der Waals surface area contributed by atoms with Gasteiger partial charge in [0.2, 0.25) is 16.0 Å². The maximum atomic E-state index is 12.8. The average Bonchev–Trinajstić information content (AvgIpc) is 3.24. The molecule has 6 nitrogen and oxygen atoms in total. The highest BCUT2D eigenvalue weighted by Crippen LogP contribution is 2.28. The summed E-state index contributed by atoms with van der Waals surface area (Å²) in [4.78, 5) is 9.78. The molecule has 1 aromatic rings. The highest BCUT2D eigenvalue weighted by molar-refractivity contribution is 7.90. The fourth-order valence-corrected chi connectivity index (χ4v) is 4.04. The third-order valence-electron chi connectivity index (χ3n) is 3.61. The van der Waals surface area contributed by atoms with Gasteiger partial charge in [-0.15, -0.1) is 0 Å². The maximum absolute atomic E-state index is 12.8. The number of halogens is 1. The van der Waals surface area contributed by atoms with Crippen molar-refractivity contribution in [2.24, 2.45) is 0 Å². The van der Waals surface area contributed by atoms with Crippen LogP contribution in [0.2, 0.25) is 0 Å². The van der Waals surface area contributed by atoms with Gasteiger partial charge >= 0.3 is 0 Å². The lowest BCUT2D eigenvalue weighted by Crippen LogP contribution is -2.49. The van der Waals surface area contributed by atoms with E-state index < -0.39 is 15.8 Å². The first kappa shape index (κ1) is 13.7. The Morgan fingerprint density at radius 3 is 2.60 bits per heavy atom. The van der Waals surface area contributed by atoms with Crippen LogP contribution in [0.3, 0.4) is 0 Å². The minimum atomic E-state index is -3.18. The van der Waals surface area contributed by atoms with Gasteiger partial charge in [-0.2, -0.15) is 0 Å². The Bertz CT molecular complexity index is 574. The van der Waals surface area contributed by atoms with Gasteiger partial charge in [-0.3, -0.25) is 0 Å². The summed E-state index contributed by atoms with van der Waals surface area (Å²) in [7, 11) is -3.18. The molecule has 1 unspecified atom stereocenters. The first-order valence-electron chi connectivity index (χ1n) is 6.78. The van der Waals surface area contributed by atoms with E-state index in [1.165, 1.54) is 0 Å². The Hall–Kier alpha value is -1.28. The van der Waals surface area contributed by atoms with Gasteiger partial charge in [-0.05, 0) is 25.7 Å². The molecule has 2 heterocycles. The topological polar surface area (TPSA) is 75.2 Å². The number of nitrogens with zero attached hydrogens (tertiary/aromatic N) is 3. The van der Waals surface area contributed by atoms with Crippen molar-refractivity contribution in [2.45, 2.75) is 37.0 Å². The Balaban J connectivity index is 1.65. The smallest absolute Gasteiger partial charge is 0.225 e. The molecule has 0 aromatic carbocycles. The molecule has 110 valence electrons. The molecule has 1 saturated carbocycles. The Kier molecular flexibility index (Phi) is 3.59. The van der Waals surface area contributed by atoms with Crippen LogP contribution < -0.4 is 9.62 Å². The fraction of sp³-hybridized carbons (Fsp3) is 0.667. The van der Waals surface area contributed by atoms with Crippen LogP contribution in [0.1, 0.15) is 25.7 Å². The summed E-state index contributed by atoms with van der Waals surface area (Å²) in [6.45, 7) is 1.28. The quantitative estimate of drug-likeness (QED) is 0.884. The number of hydrogen-bond donors (Lipinski definition) is 1. The number of sulfonamides is 1. The molecule has 0 radical (unpaired) electrons. The average molecular weight is 300 g/mol. The van der Waals surface area contributed by atoms with E-state index in [2.05, 4.69) is 14.7 Å². The van der Waals surface area contributed by atoms with E-state index >= 15 is 0 Å². The summed E-state index contributed by atoms with van der Waals surface area (Å²) in [5.41, 5.74) is 0. The van der Waals surface area contributed by atoms with Crippen LogP contribution in [-0.2, 0) is 10.0 Å². The third kappa shape index (κ3) is 3.06. The summed E-state index contributed by atoms with van der Waals surface area (Å²) >= 11 is 0. The summed E-state index contributed by atoms with van der Waals surface area (Å²) in [6.07, 6.45) is 5.43. The lowest BCUT2D eigenvalue weighted by atomic mass is 10.1. The Morgan fingerprint density at radius 1 is 1.25 bits per heavy atom. The number of rotatable bonds is 4. The van der Waals surface area contributed by atoms with Crippen LogP contribution in [0.5, 0.6) is 0 Å². The molecule has 2 fully saturated rings. The molecular formula is C12H17FN4O2S. The maximum Gasteiger partial charge on any atom is 0.225 e. The van der Waals surface area contributed by atoms with E-state index in [1.807, 2.05) is 4.90 Å². The number of piperidine rings is 1. The summed E-state index contributed by atoms with van der Waals surface area (Å²) in [6, 6.07) is -0.122. The summed E-state index contributed by atoms with van der Waals surface area (Å²) in [5, 5.41) is -0.208. The number of anilines is 1. The van der Waals surface area contributed by atoms with Gasteiger partial charge in [0.1, 0.15) is 0 Å². The predicted octanol–water partition coefficient (Wildman–Crippen LogP) is 0.666. The Morgan fingerprint density at radius 2 is 1.95 bits per heavy atom. The van der Waals surface area contributed by atoms with Gasteiger partial charge in [-0.1, -0.05) is 0 Å². The number of aromatic nitrogens is 2. The van der Waals surface area contributed by atoms with Crippen molar-refractivity contribution in [1.29, 1.82) is 0 Å². The molecular weight excluding hydrogens is 283 g/mol. The third-order valence-corrected chi connectivity index (χ3v) is 5.62. The second-order valence-electron chi connectivity index (χ2n) is 5.35. The highest BCUT2D eigenvalue weighted by atomic mass is 32.2. The molecule has 8 heteroatoms. The van der Waals surface area contributed by atoms with Crippen molar-refractivity contribution in [1.82, 2.24) is 14.7 Å². The van der Waals surface area contributed by atoms with Gasteiger partial charge in [0.25, 0.3) is 0 Å². The molecule has 1 saturated heterocycles. The van der Waals surface area contributed by atoms with E-state index in [0.717, 1.165) is 44.6 Å². The molecule has 1 aliphatic heterocycles. The van der Waals surface area contributed by atoms with Crippen LogP contribution in [0, 0.1) is 5.82 Å². The first-order chi connectivity index (χ1) is 9.54. The van der Waals surface area contributed by atoms with Gasteiger partial charge < -0.3 is 4.90 Å². The second-order valence-corrected chi connectivity index (χ2v) is 7.34. The molecule has 0 bridgehead atoms. The second kappa shape index (κ2) is 5.25. The van der Waals surface area contributed by atoms with E-state index in [4.69, 9.17) is 0 Å². The Labute approximate surface area is 117 Å². The molecule has 0 spiro atoms. The molecule has 1 atom stereocenters. The molecule has 20 heavy (non-hydrogen) atoms. The van der Waals surface area contributed by atoms with Gasteiger partial charge in [0.05, 0.1) is 17.6 Å². The SMILES string of the molecule is O=S(=O)(NC1CCCN(c2ncc(F)cn2)C1)C1CC1. The monoisotopic (exact) mass is 300 g/mol. The minimum Gasteiger partial charge on any atom is -0.339 e. The minimum absolute atomic E-state index is 0.122. The molecule has 2 aliphatic rings. The lowest BCUT2D eigenvalue weighted by Gasteiger charge is -2.32. The first-order valence-corrected chi connectivity index (χ1v) is 8.33. The standard InChI is InChI=1S/C12H17FN4O2S/c13-9-6-14-12(15-7-9)17-5-1-2-10(8-17)16-20(18,19)11-3-4-11/h6-7,10-11,16H,1-5,8H2. The zero-order valence-corrected chi connectivity index (χ0v) is 11.8. The van der Waals surface area contributed by atoms with Gasteiger partial charge in [0.15, 0.2) is 5.82 Å². The zero-order chi connectivity index (χ0) is 14.2. The van der Waals surface area contributed by atoms with Gasteiger partial charge in [-0.25, -0.2) is 27.5 Å². The van der Waals surface area contributed by atoms with Crippen LogP contribution in [0.25, 0.3) is 0 Å². The van der Waals surface area contributed by atoms with Crippen LogP contribution in [-0.4, -0.2) is 42.8 Å². The van der Waals surface area contributed by atoms with Crippen molar-refractivity contribution < 1.29 is 12.8 Å². The van der Waals surface area contributed by atoms with Crippen molar-refractivity contribution in [3.63, 3.8) is 0 Å². The van der Waals surface area contributed by atoms with Crippen LogP contribution in [0.15, 0.2) is 12.4 Å². The summed E-state index contributed by atoms with van der Waals surface area (Å²) in [5.74, 6) is -0.0292. The van der Waals surface area contributed by atoms with Crippen molar-refractivity contribution in [2.75, 3.05) is 18.0 Å². The molecule has 1 aliphatic carbocycles. The van der Waals surface area contributed by atoms with Crippen LogP contribution >= 0.6 is 0 Å². The van der Waals surface area contributed by atoms with Crippen molar-refractivity contribution >= 4 is 16.0 Å². The molecule has 0 amide bonds. The van der Waals surface area contributed by atoms with Crippen LogP contribution in [0.4, 0.5) is 10.3 Å². The summed E-state index contributed by atoms with van der Waals surface area (Å²) < 4.78 is 39.5. The van der Waals surface area contributed by atoms with Crippen molar-refractivity contribution in [3.8, 4) is 0 Å². The van der Waals surface area contributed by atoms with E-state index in [-0.39, 0.29) is 11.3 Å². The fourth-order valence-electron chi connectivity index (χ4n) is 2.43. The largest absolute Gasteiger partial charge is 0.339 e. The normalized spacial score (nSPS) is 23.9. The lowest BCUT2D eigenvalue weighted by molar-refractivity contribution is 0.460. The molecule has 1 aromatic heterocycles. The van der Waals surface area contributed by atoms with E-state index in [9.17, 15) is 12.8 Å².